The lowest BCUT2D eigenvalue weighted by atomic mass is 10.0. The van der Waals surface area contributed by atoms with Gasteiger partial charge in [0.05, 0.1) is 0 Å². The minimum Gasteiger partial charge on any atom is -0.385 e. The minimum absolute atomic E-state index is 0.284. The number of ether oxygens (including phenoxy) is 1. The Kier molecular flexibility index (Phi) is 6.90. The van der Waals surface area contributed by atoms with Gasteiger partial charge in [-0.2, -0.15) is 0 Å². The van der Waals surface area contributed by atoms with E-state index < -0.39 is 0 Å². The molecular weight excluding hydrogens is 257 g/mol. The lowest BCUT2D eigenvalue weighted by Gasteiger charge is -2.18. The quantitative estimate of drug-likeness (QED) is 0.758. The molecule has 1 atom stereocenters. The van der Waals surface area contributed by atoms with Crippen molar-refractivity contribution in [1.82, 2.24) is 5.32 Å². The maximum Gasteiger partial charge on any atom is 0.0462 e. The molecule has 0 aromatic heterocycles. The molecule has 2 nitrogen and oxygen atoms in total. The molecule has 0 aliphatic carbocycles. The van der Waals surface area contributed by atoms with Crippen LogP contribution >= 0.6 is 23.2 Å². The molecule has 1 unspecified atom stereocenters. The summed E-state index contributed by atoms with van der Waals surface area (Å²) in [4.78, 5) is 0. The lowest BCUT2D eigenvalue weighted by Crippen LogP contribution is -2.21. The van der Waals surface area contributed by atoms with Crippen LogP contribution in [0.1, 0.15) is 31.4 Å². The van der Waals surface area contributed by atoms with E-state index in [0.29, 0.717) is 10.0 Å². The Morgan fingerprint density at radius 2 is 1.88 bits per heavy atom. The first kappa shape index (κ1) is 14.8. The third kappa shape index (κ3) is 5.26. The molecule has 1 rings (SSSR count). The molecule has 96 valence electrons. The normalized spacial score (nSPS) is 12.7. The molecule has 0 saturated carbocycles. The van der Waals surface area contributed by atoms with Crippen molar-refractivity contribution in [2.75, 3.05) is 20.3 Å². The molecule has 0 saturated heterocycles. The standard InChI is InChI=1S/C13H19Cl2NO/c1-3-16-13(5-4-6-17-2)10-7-11(14)9-12(15)8-10/h7-9,13,16H,3-6H2,1-2H3. The number of methoxy groups -OCH3 is 1. The summed E-state index contributed by atoms with van der Waals surface area (Å²) in [7, 11) is 1.72. The summed E-state index contributed by atoms with van der Waals surface area (Å²) in [6.07, 6.45) is 2.02. The Morgan fingerprint density at radius 1 is 1.24 bits per heavy atom. The van der Waals surface area contributed by atoms with Gasteiger partial charge in [0.25, 0.3) is 0 Å². The summed E-state index contributed by atoms with van der Waals surface area (Å²) in [6, 6.07) is 5.97. The van der Waals surface area contributed by atoms with Crippen LogP contribution in [-0.4, -0.2) is 20.3 Å². The van der Waals surface area contributed by atoms with Crippen LogP contribution in [0, 0.1) is 0 Å². The van der Waals surface area contributed by atoms with Crippen molar-refractivity contribution in [2.24, 2.45) is 0 Å². The van der Waals surface area contributed by atoms with Crippen molar-refractivity contribution in [3.8, 4) is 0 Å². The predicted molar refractivity (Wildman–Crippen MR) is 74.0 cm³/mol. The van der Waals surface area contributed by atoms with Crippen LogP contribution in [0.4, 0.5) is 0 Å². The SMILES string of the molecule is CCNC(CCCOC)c1cc(Cl)cc(Cl)c1. The van der Waals surface area contributed by atoms with Crippen LogP contribution in [-0.2, 0) is 4.74 Å². The van der Waals surface area contributed by atoms with Crippen molar-refractivity contribution in [3.05, 3.63) is 33.8 Å². The summed E-state index contributed by atoms with van der Waals surface area (Å²) >= 11 is 12.0. The van der Waals surface area contributed by atoms with E-state index in [1.165, 1.54) is 0 Å². The number of rotatable bonds is 7. The maximum absolute atomic E-state index is 6.02. The highest BCUT2D eigenvalue weighted by atomic mass is 35.5. The Labute approximate surface area is 113 Å². The fourth-order valence-corrected chi connectivity index (χ4v) is 2.38. The second-order valence-electron chi connectivity index (χ2n) is 3.95. The Morgan fingerprint density at radius 3 is 2.41 bits per heavy atom. The van der Waals surface area contributed by atoms with Gasteiger partial charge in [0.2, 0.25) is 0 Å². The summed E-state index contributed by atoms with van der Waals surface area (Å²) in [5, 5.41) is 4.80. The number of benzene rings is 1. The number of hydrogen-bond acceptors (Lipinski definition) is 2. The van der Waals surface area contributed by atoms with Gasteiger partial charge in [0, 0.05) is 29.8 Å². The van der Waals surface area contributed by atoms with Gasteiger partial charge in [-0.05, 0) is 43.1 Å². The summed E-state index contributed by atoms with van der Waals surface area (Å²) < 4.78 is 5.07. The van der Waals surface area contributed by atoms with Gasteiger partial charge in [-0.1, -0.05) is 30.1 Å². The first-order chi connectivity index (χ1) is 8.17. The van der Waals surface area contributed by atoms with Crippen molar-refractivity contribution >= 4 is 23.2 Å². The summed E-state index contributed by atoms with van der Waals surface area (Å²) in [5.41, 5.74) is 1.14. The first-order valence-electron chi connectivity index (χ1n) is 5.85. The topological polar surface area (TPSA) is 21.3 Å². The average Bonchev–Trinajstić information content (AvgIpc) is 2.27. The van der Waals surface area contributed by atoms with Gasteiger partial charge in [-0.3, -0.25) is 0 Å². The van der Waals surface area contributed by atoms with E-state index in [9.17, 15) is 0 Å². The van der Waals surface area contributed by atoms with E-state index in [1.807, 2.05) is 12.1 Å². The van der Waals surface area contributed by atoms with E-state index in [2.05, 4.69) is 12.2 Å². The Balaban J connectivity index is 2.73. The molecule has 0 heterocycles. The van der Waals surface area contributed by atoms with E-state index in [-0.39, 0.29) is 6.04 Å². The molecule has 17 heavy (non-hydrogen) atoms. The molecule has 0 spiro atoms. The molecule has 1 aromatic carbocycles. The predicted octanol–water partition coefficient (Wildman–Crippen LogP) is 4.07. The molecule has 4 heteroatoms. The monoisotopic (exact) mass is 275 g/mol. The van der Waals surface area contributed by atoms with Gasteiger partial charge in [-0.15, -0.1) is 0 Å². The highest BCUT2D eigenvalue weighted by Gasteiger charge is 2.11. The fourth-order valence-electron chi connectivity index (χ4n) is 1.84. The Bertz CT molecular complexity index is 324. The maximum atomic E-state index is 6.02. The van der Waals surface area contributed by atoms with Crippen LogP contribution in [0.15, 0.2) is 18.2 Å². The van der Waals surface area contributed by atoms with Crippen molar-refractivity contribution in [1.29, 1.82) is 0 Å². The molecule has 0 amide bonds. The zero-order chi connectivity index (χ0) is 12.7. The van der Waals surface area contributed by atoms with Crippen LogP contribution in [0.3, 0.4) is 0 Å². The average molecular weight is 276 g/mol. The van der Waals surface area contributed by atoms with Gasteiger partial charge in [-0.25, -0.2) is 0 Å². The Hall–Kier alpha value is -0.280. The van der Waals surface area contributed by atoms with Crippen molar-refractivity contribution < 1.29 is 4.74 Å². The molecule has 0 bridgehead atoms. The third-order valence-corrected chi connectivity index (χ3v) is 3.02. The van der Waals surface area contributed by atoms with Gasteiger partial charge in [0.1, 0.15) is 0 Å². The summed E-state index contributed by atoms with van der Waals surface area (Å²) in [5.74, 6) is 0. The molecule has 0 radical (unpaired) electrons. The largest absolute Gasteiger partial charge is 0.385 e. The minimum atomic E-state index is 0.284. The second kappa shape index (κ2) is 7.93. The van der Waals surface area contributed by atoms with E-state index in [1.54, 1.807) is 13.2 Å². The molecular formula is C13H19Cl2NO. The highest BCUT2D eigenvalue weighted by molar-refractivity contribution is 6.34. The zero-order valence-corrected chi connectivity index (χ0v) is 11.8. The second-order valence-corrected chi connectivity index (χ2v) is 4.82. The third-order valence-electron chi connectivity index (χ3n) is 2.58. The molecule has 0 fully saturated rings. The van der Waals surface area contributed by atoms with E-state index >= 15 is 0 Å². The smallest absolute Gasteiger partial charge is 0.0462 e. The van der Waals surface area contributed by atoms with Crippen LogP contribution in [0.2, 0.25) is 10.0 Å². The first-order valence-corrected chi connectivity index (χ1v) is 6.61. The lowest BCUT2D eigenvalue weighted by molar-refractivity contribution is 0.189. The zero-order valence-electron chi connectivity index (χ0n) is 10.3. The molecule has 0 aliphatic rings. The van der Waals surface area contributed by atoms with Gasteiger partial charge >= 0.3 is 0 Å². The van der Waals surface area contributed by atoms with Crippen molar-refractivity contribution in [3.63, 3.8) is 0 Å². The number of halogens is 2. The number of nitrogens with one attached hydrogen (secondary N) is 1. The van der Waals surface area contributed by atoms with E-state index in [4.69, 9.17) is 27.9 Å². The van der Waals surface area contributed by atoms with Crippen molar-refractivity contribution in [2.45, 2.75) is 25.8 Å². The molecule has 1 N–H and O–H groups in total. The highest BCUT2D eigenvalue weighted by Crippen LogP contribution is 2.26. The number of hydrogen-bond donors (Lipinski definition) is 1. The van der Waals surface area contributed by atoms with E-state index in [0.717, 1.165) is 31.6 Å². The van der Waals surface area contributed by atoms with Crippen LogP contribution in [0.5, 0.6) is 0 Å². The summed E-state index contributed by atoms with van der Waals surface area (Å²) in [6.45, 7) is 3.79. The molecule has 0 aliphatic heterocycles. The molecule has 1 aromatic rings. The fraction of sp³-hybridized carbons (Fsp3) is 0.538. The van der Waals surface area contributed by atoms with Gasteiger partial charge in [0.15, 0.2) is 0 Å². The van der Waals surface area contributed by atoms with Crippen LogP contribution < -0.4 is 5.32 Å². The van der Waals surface area contributed by atoms with Gasteiger partial charge < -0.3 is 10.1 Å². The van der Waals surface area contributed by atoms with Crippen LogP contribution in [0.25, 0.3) is 0 Å².